The number of carboxylic acid groups (broad SMARTS) is 1. The van der Waals surface area contributed by atoms with Gasteiger partial charge in [-0.25, -0.2) is 17.2 Å². The Morgan fingerprint density at radius 1 is 1.29 bits per heavy atom. The van der Waals surface area contributed by atoms with E-state index < -0.39 is 34.4 Å². The number of carbonyl (C=O) groups is 1. The van der Waals surface area contributed by atoms with Crippen LogP contribution in [0.2, 0.25) is 0 Å². The van der Waals surface area contributed by atoms with Crippen LogP contribution < -0.4 is 5.32 Å². The number of hydrogen-bond donors (Lipinski definition) is 3. The first kappa shape index (κ1) is 24.6. The number of fused-ring (bicyclic) bond motifs is 1. The summed E-state index contributed by atoms with van der Waals surface area (Å²) in [7, 11) is -4.07. The number of rotatable bonds is 9. The van der Waals surface area contributed by atoms with E-state index in [9.17, 15) is 27.1 Å². The first-order valence-electron chi connectivity index (χ1n) is 10.7. The summed E-state index contributed by atoms with van der Waals surface area (Å²) in [5.41, 5.74) is 2.15. The minimum absolute atomic E-state index is 0.0148. The Morgan fingerprint density at radius 3 is 2.71 bits per heavy atom. The molecule has 0 bridgehead atoms. The molecule has 2 aromatic carbocycles. The van der Waals surface area contributed by atoms with Crippen molar-refractivity contribution in [3.05, 3.63) is 54.5 Å². The van der Waals surface area contributed by atoms with Crippen LogP contribution in [0.5, 0.6) is 0 Å². The Hall–Kier alpha value is -2.47. The van der Waals surface area contributed by atoms with Crippen molar-refractivity contribution in [1.82, 2.24) is 14.6 Å². The third kappa shape index (κ3) is 4.97. The summed E-state index contributed by atoms with van der Waals surface area (Å²) in [6.07, 6.45) is 1.40. The predicted molar refractivity (Wildman–Crippen MR) is 128 cm³/mol. The van der Waals surface area contributed by atoms with Gasteiger partial charge in [0, 0.05) is 35.6 Å². The number of aliphatic carboxylic acids is 1. The molecule has 0 spiro atoms. The molecule has 7 nitrogen and oxygen atoms in total. The Labute approximate surface area is 200 Å². The third-order valence-electron chi connectivity index (χ3n) is 5.92. The second-order valence-electron chi connectivity index (χ2n) is 8.18. The zero-order valence-electron chi connectivity index (χ0n) is 18.4. The molecule has 0 unspecified atom stereocenters. The summed E-state index contributed by atoms with van der Waals surface area (Å²) >= 11 is 1.48. The fourth-order valence-corrected chi connectivity index (χ4v) is 6.26. The normalized spacial score (nSPS) is 20.1. The van der Waals surface area contributed by atoms with E-state index >= 15 is 0 Å². The molecule has 2 heterocycles. The standard InChI is InChI=1S/C23H25F2N3O4S2/c1-33-9-8-20(23(29)30)27-22-11-16(25)13-28(22)34(31,32)17-5-2-14(3-6-17)19-12-26-21-10-15(24)4-7-18(19)21/h2-7,10,12,16,20,22,26-27H,8-9,11,13H2,1H3,(H,29,30)/t16-,20-,22-/m0/s1. The van der Waals surface area contributed by atoms with Crippen LogP contribution in [0.15, 0.2) is 53.6 Å². The number of nitrogens with one attached hydrogen (secondary N) is 2. The highest BCUT2D eigenvalue weighted by molar-refractivity contribution is 7.98. The second kappa shape index (κ2) is 10.0. The quantitative estimate of drug-likeness (QED) is 0.405. The lowest BCUT2D eigenvalue weighted by Crippen LogP contribution is -2.51. The van der Waals surface area contributed by atoms with Gasteiger partial charge in [0.25, 0.3) is 0 Å². The fraction of sp³-hybridized carbons (Fsp3) is 0.348. The molecule has 3 N–H and O–H groups in total. The van der Waals surface area contributed by atoms with Gasteiger partial charge in [-0.1, -0.05) is 12.1 Å². The molecule has 34 heavy (non-hydrogen) atoms. The van der Waals surface area contributed by atoms with E-state index in [0.29, 0.717) is 17.7 Å². The van der Waals surface area contributed by atoms with Gasteiger partial charge in [0.1, 0.15) is 18.0 Å². The topological polar surface area (TPSA) is 103 Å². The summed E-state index contributed by atoms with van der Waals surface area (Å²) in [6, 6.07) is 9.58. The van der Waals surface area contributed by atoms with Crippen LogP contribution in [0, 0.1) is 5.82 Å². The lowest BCUT2D eigenvalue weighted by atomic mass is 10.1. The molecule has 182 valence electrons. The molecule has 0 radical (unpaired) electrons. The molecule has 1 aliphatic rings. The summed E-state index contributed by atoms with van der Waals surface area (Å²) in [5, 5.41) is 13.1. The van der Waals surface area contributed by atoms with Crippen molar-refractivity contribution in [2.75, 3.05) is 18.6 Å². The number of aromatic nitrogens is 1. The molecule has 0 amide bonds. The largest absolute Gasteiger partial charge is 0.480 e. The zero-order valence-corrected chi connectivity index (χ0v) is 20.0. The zero-order chi connectivity index (χ0) is 24.5. The highest BCUT2D eigenvalue weighted by Gasteiger charge is 2.42. The first-order chi connectivity index (χ1) is 16.2. The van der Waals surface area contributed by atoms with Gasteiger partial charge >= 0.3 is 5.97 Å². The molecular formula is C23H25F2N3O4S2. The molecule has 3 atom stereocenters. The molecule has 0 aliphatic carbocycles. The van der Waals surface area contributed by atoms with Gasteiger partial charge in [-0.2, -0.15) is 16.1 Å². The Morgan fingerprint density at radius 2 is 2.03 bits per heavy atom. The van der Waals surface area contributed by atoms with E-state index in [1.165, 1.54) is 36.0 Å². The van der Waals surface area contributed by atoms with Crippen LogP contribution >= 0.6 is 11.8 Å². The number of aromatic amines is 1. The van der Waals surface area contributed by atoms with Gasteiger partial charge in [0.15, 0.2) is 0 Å². The van der Waals surface area contributed by atoms with E-state index in [-0.39, 0.29) is 23.7 Å². The van der Waals surface area contributed by atoms with Crippen LogP contribution in [0.4, 0.5) is 8.78 Å². The van der Waals surface area contributed by atoms with Crippen molar-refractivity contribution in [1.29, 1.82) is 0 Å². The maximum absolute atomic E-state index is 14.3. The fourth-order valence-electron chi connectivity index (χ4n) is 4.20. The number of carboxylic acids is 1. The molecule has 11 heteroatoms. The van der Waals surface area contributed by atoms with Crippen LogP contribution in [0.3, 0.4) is 0 Å². The van der Waals surface area contributed by atoms with Crippen molar-refractivity contribution < 1.29 is 27.1 Å². The maximum atomic E-state index is 14.3. The molecule has 3 aromatic rings. The van der Waals surface area contributed by atoms with Crippen molar-refractivity contribution >= 4 is 38.7 Å². The molecule has 4 rings (SSSR count). The van der Waals surface area contributed by atoms with E-state index in [1.54, 1.807) is 24.4 Å². The first-order valence-corrected chi connectivity index (χ1v) is 13.5. The molecule has 1 aromatic heterocycles. The van der Waals surface area contributed by atoms with Crippen molar-refractivity contribution in [3.8, 4) is 11.1 Å². The van der Waals surface area contributed by atoms with Gasteiger partial charge < -0.3 is 10.1 Å². The number of nitrogens with zero attached hydrogens (tertiary/aromatic N) is 1. The van der Waals surface area contributed by atoms with Crippen LogP contribution in [-0.4, -0.2) is 65.7 Å². The Bertz CT molecular complexity index is 1280. The smallest absolute Gasteiger partial charge is 0.320 e. The Kier molecular flexibility index (Phi) is 7.27. The van der Waals surface area contributed by atoms with E-state index in [4.69, 9.17) is 0 Å². The number of benzene rings is 2. The number of halogens is 2. The average Bonchev–Trinajstić information content (AvgIpc) is 3.39. The SMILES string of the molecule is CSCC[C@H](N[C@@H]1C[C@H](F)CN1S(=O)(=O)c1ccc(-c2c[nH]c3cc(F)ccc23)cc1)C(=O)O. The summed E-state index contributed by atoms with van der Waals surface area (Å²) in [5.74, 6) is -0.887. The van der Waals surface area contributed by atoms with Crippen molar-refractivity contribution in [3.63, 3.8) is 0 Å². The molecule has 1 saturated heterocycles. The van der Waals surface area contributed by atoms with Crippen LogP contribution in [0.1, 0.15) is 12.8 Å². The van der Waals surface area contributed by atoms with Crippen LogP contribution in [0.25, 0.3) is 22.0 Å². The summed E-state index contributed by atoms with van der Waals surface area (Å²) in [4.78, 5) is 14.6. The number of thioether (sulfide) groups is 1. The minimum Gasteiger partial charge on any atom is -0.480 e. The third-order valence-corrected chi connectivity index (χ3v) is 8.46. The highest BCUT2D eigenvalue weighted by Crippen LogP contribution is 2.32. The van der Waals surface area contributed by atoms with Gasteiger partial charge in [0.2, 0.25) is 10.0 Å². The number of hydrogen-bond acceptors (Lipinski definition) is 5. The number of sulfonamides is 1. The minimum atomic E-state index is -4.07. The Balaban J connectivity index is 1.58. The summed E-state index contributed by atoms with van der Waals surface area (Å²) in [6.45, 7) is -0.343. The highest BCUT2D eigenvalue weighted by atomic mass is 32.2. The monoisotopic (exact) mass is 509 g/mol. The van der Waals surface area contributed by atoms with Crippen molar-refractivity contribution in [2.24, 2.45) is 0 Å². The molecule has 1 aliphatic heterocycles. The molecule has 1 fully saturated rings. The van der Waals surface area contributed by atoms with Gasteiger partial charge in [-0.3, -0.25) is 10.1 Å². The molecular weight excluding hydrogens is 484 g/mol. The van der Waals surface area contributed by atoms with Crippen LogP contribution in [-0.2, 0) is 14.8 Å². The van der Waals surface area contributed by atoms with Gasteiger partial charge in [0.05, 0.1) is 11.1 Å². The van der Waals surface area contributed by atoms with E-state index in [2.05, 4.69) is 10.3 Å². The van der Waals surface area contributed by atoms with E-state index in [0.717, 1.165) is 20.8 Å². The van der Waals surface area contributed by atoms with Gasteiger partial charge in [-0.15, -0.1) is 0 Å². The second-order valence-corrected chi connectivity index (χ2v) is 11.1. The lowest BCUT2D eigenvalue weighted by molar-refractivity contribution is -0.140. The summed E-state index contributed by atoms with van der Waals surface area (Å²) < 4.78 is 55.4. The number of alkyl halides is 1. The van der Waals surface area contributed by atoms with Crippen molar-refractivity contribution in [2.45, 2.75) is 36.1 Å². The maximum Gasteiger partial charge on any atom is 0.320 e. The number of H-pyrrole nitrogens is 1. The predicted octanol–water partition coefficient (Wildman–Crippen LogP) is 3.83. The van der Waals surface area contributed by atoms with Gasteiger partial charge in [-0.05, 0) is 54.3 Å². The lowest BCUT2D eigenvalue weighted by Gasteiger charge is -2.27. The van der Waals surface area contributed by atoms with E-state index in [1.807, 2.05) is 6.26 Å². The average molecular weight is 510 g/mol. The molecule has 0 saturated carbocycles.